The van der Waals surface area contributed by atoms with Crippen molar-refractivity contribution < 1.29 is 24.2 Å². The highest BCUT2D eigenvalue weighted by atomic mass is 16.5. The van der Waals surface area contributed by atoms with E-state index in [1.54, 1.807) is 66.9 Å². The van der Waals surface area contributed by atoms with E-state index in [9.17, 15) is 19.5 Å². The zero-order chi connectivity index (χ0) is 25.1. The number of hydrogen-bond donors (Lipinski definition) is 2. The third kappa shape index (κ3) is 4.63. The number of benzene rings is 2. The summed E-state index contributed by atoms with van der Waals surface area (Å²) in [5.74, 6) is -1.43. The summed E-state index contributed by atoms with van der Waals surface area (Å²) in [6, 6.07) is 15.9. The Morgan fingerprint density at radius 1 is 1.11 bits per heavy atom. The van der Waals surface area contributed by atoms with Crippen molar-refractivity contribution in [1.29, 1.82) is 0 Å². The molecule has 0 saturated carbocycles. The minimum atomic E-state index is -0.935. The van der Waals surface area contributed by atoms with E-state index >= 15 is 0 Å². The van der Waals surface area contributed by atoms with Crippen LogP contribution in [-0.2, 0) is 14.4 Å². The molecule has 4 rings (SSSR count). The van der Waals surface area contributed by atoms with Gasteiger partial charge in [0.05, 0.1) is 17.9 Å². The average Bonchev–Trinajstić information content (AvgIpc) is 3.11. The van der Waals surface area contributed by atoms with Gasteiger partial charge in [-0.1, -0.05) is 6.07 Å². The molecule has 0 radical (unpaired) electrons. The summed E-state index contributed by atoms with van der Waals surface area (Å²) in [6.45, 7) is 5.62. The fraction of sp³-hybridized carbons (Fsp3) is 0.185. The predicted molar refractivity (Wildman–Crippen MR) is 132 cm³/mol. The maximum Gasteiger partial charge on any atom is 0.300 e. The molecule has 1 aliphatic rings. The number of carbonyl (C=O) groups is 3. The second-order valence-corrected chi connectivity index (χ2v) is 8.07. The number of carbonyl (C=O) groups excluding carboxylic acids is 3. The van der Waals surface area contributed by atoms with Gasteiger partial charge >= 0.3 is 0 Å². The summed E-state index contributed by atoms with van der Waals surface area (Å²) in [7, 11) is 0. The predicted octanol–water partition coefficient (Wildman–Crippen LogP) is 4.37. The van der Waals surface area contributed by atoms with Gasteiger partial charge in [0.15, 0.2) is 0 Å². The minimum Gasteiger partial charge on any atom is -0.507 e. The lowest BCUT2D eigenvalue weighted by molar-refractivity contribution is -0.132. The number of rotatable bonds is 6. The van der Waals surface area contributed by atoms with Gasteiger partial charge in [0.1, 0.15) is 17.6 Å². The Morgan fingerprint density at radius 2 is 1.86 bits per heavy atom. The van der Waals surface area contributed by atoms with Crippen LogP contribution in [0.1, 0.15) is 36.7 Å². The number of aliphatic hydroxyl groups is 1. The van der Waals surface area contributed by atoms with Crippen molar-refractivity contribution in [3.05, 3.63) is 89.3 Å². The number of ketones is 1. The Hall–Kier alpha value is -4.46. The van der Waals surface area contributed by atoms with Crippen molar-refractivity contribution in [2.45, 2.75) is 26.8 Å². The first kappa shape index (κ1) is 23.7. The monoisotopic (exact) mass is 471 g/mol. The molecule has 0 spiro atoms. The molecule has 1 aromatic heterocycles. The molecule has 1 fully saturated rings. The molecular weight excluding hydrogens is 446 g/mol. The molecule has 1 aliphatic heterocycles. The molecule has 8 nitrogen and oxygen atoms in total. The number of pyridine rings is 1. The summed E-state index contributed by atoms with van der Waals surface area (Å²) in [4.78, 5) is 43.5. The van der Waals surface area contributed by atoms with Crippen LogP contribution in [0.2, 0.25) is 0 Å². The Morgan fingerprint density at radius 3 is 2.46 bits per heavy atom. The first-order valence-electron chi connectivity index (χ1n) is 11.1. The molecule has 0 aliphatic carbocycles. The van der Waals surface area contributed by atoms with E-state index in [0.29, 0.717) is 35.0 Å². The molecule has 2 N–H and O–H groups in total. The van der Waals surface area contributed by atoms with Gasteiger partial charge in [-0.05, 0) is 74.0 Å². The Balaban J connectivity index is 1.84. The summed E-state index contributed by atoms with van der Waals surface area (Å²) < 4.78 is 5.57. The second kappa shape index (κ2) is 9.80. The molecule has 3 aromatic rings. The van der Waals surface area contributed by atoms with E-state index in [0.717, 1.165) is 5.56 Å². The summed E-state index contributed by atoms with van der Waals surface area (Å²) >= 11 is 0. The fourth-order valence-corrected chi connectivity index (χ4v) is 4.09. The standard InChI is InChI=1S/C27H25N3O5/c1-4-35-22-13-8-18(15-16(22)2)25(32)23-24(21-7-5-6-14-28-21)30(27(34)26(23)33)20-11-9-19(10-12-20)29-17(3)31/h5-15,24,32H,4H2,1-3H3,(H,29,31)/b25-23-. The highest BCUT2D eigenvalue weighted by Gasteiger charge is 2.47. The molecule has 35 heavy (non-hydrogen) atoms. The molecule has 2 aromatic carbocycles. The highest BCUT2D eigenvalue weighted by molar-refractivity contribution is 6.51. The summed E-state index contributed by atoms with van der Waals surface area (Å²) in [5.41, 5.74) is 2.54. The number of nitrogens with one attached hydrogen (secondary N) is 1. The largest absolute Gasteiger partial charge is 0.507 e. The third-order valence-electron chi connectivity index (χ3n) is 5.63. The number of hydrogen-bond acceptors (Lipinski definition) is 6. The molecule has 1 atom stereocenters. The molecule has 8 heteroatoms. The van der Waals surface area contributed by atoms with Crippen LogP contribution in [-0.4, -0.2) is 34.3 Å². The van der Waals surface area contributed by atoms with Crippen molar-refractivity contribution in [3.8, 4) is 5.75 Å². The van der Waals surface area contributed by atoms with E-state index in [4.69, 9.17) is 4.74 Å². The van der Waals surface area contributed by atoms with Gasteiger partial charge in [-0.15, -0.1) is 0 Å². The van der Waals surface area contributed by atoms with Gasteiger partial charge in [-0.25, -0.2) is 0 Å². The number of aliphatic hydroxyl groups excluding tert-OH is 1. The Labute approximate surface area is 202 Å². The van der Waals surface area contributed by atoms with Crippen molar-refractivity contribution in [2.75, 3.05) is 16.8 Å². The van der Waals surface area contributed by atoms with E-state index in [1.165, 1.54) is 11.8 Å². The molecular formula is C27H25N3O5. The van der Waals surface area contributed by atoms with Gasteiger partial charge in [0.25, 0.3) is 11.7 Å². The third-order valence-corrected chi connectivity index (χ3v) is 5.63. The first-order valence-corrected chi connectivity index (χ1v) is 11.1. The Kier molecular flexibility index (Phi) is 6.64. The van der Waals surface area contributed by atoms with Crippen LogP contribution in [0.5, 0.6) is 5.75 Å². The SMILES string of the molecule is CCOc1ccc(/C(O)=C2/C(=O)C(=O)N(c3ccc(NC(C)=O)cc3)C2c2ccccn2)cc1C. The van der Waals surface area contributed by atoms with Crippen molar-refractivity contribution >= 4 is 34.7 Å². The van der Waals surface area contributed by atoms with Gasteiger partial charge < -0.3 is 15.2 Å². The van der Waals surface area contributed by atoms with Crippen LogP contribution in [0, 0.1) is 6.92 Å². The zero-order valence-corrected chi connectivity index (χ0v) is 19.6. The van der Waals surface area contributed by atoms with Crippen LogP contribution in [0.3, 0.4) is 0 Å². The fourth-order valence-electron chi connectivity index (χ4n) is 4.09. The Bertz CT molecular complexity index is 1320. The number of ether oxygens (including phenoxy) is 1. The van der Waals surface area contributed by atoms with Gasteiger partial charge in [0.2, 0.25) is 5.91 Å². The van der Waals surface area contributed by atoms with Gasteiger partial charge in [-0.2, -0.15) is 0 Å². The van der Waals surface area contributed by atoms with Crippen LogP contribution < -0.4 is 15.0 Å². The molecule has 2 amide bonds. The lowest BCUT2D eigenvalue weighted by atomic mass is 9.97. The highest BCUT2D eigenvalue weighted by Crippen LogP contribution is 2.42. The van der Waals surface area contributed by atoms with Crippen LogP contribution in [0.4, 0.5) is 11.4 Å². The lowest BCUT2D eigenvalue weighted by Crippen LogP contribution is -2.29. The van der Waals surface area contributed by atoms with E-state index < -0.39 is 17.7 Å². The van der Waals surface area contributed by atoms with E-state index in [1.807, 2.05) is 13.8 Å². The topological polar surface area (TPSA) is 109 Å². The lowest BCUT2D eigenvalue weighted by Gasteiger charge is -2.24. The van der Waals surface area contributed by atoms with Gasteiger partial charge in [-0.3, -0.25) is 24.3 Å². The maximum atomic E-state index is 13.2. The van der Waals surface area contributed by atoms with Crippen LogP contribution in [0.25, 0.3) is 5.76 Å². The number of anilines is 2. The number of amides is 2. The molecule has 178 valence electrons. The van der Waals surface area contributed by atoms with E-state index in [2.05, 4.69) is 10.3 Å². The van der Waals surface area contributed by atoms with Gasteiger partial charge in [0, 0.05) is 30.1 Å². The summed E-state index contributed by atoms with van der Waals surface area (Å²) in [5, 5.41) is 13.9. The maximum absolute atomic E-state index is 13.2. The molecule has 1 unspecified atom stereocenters. The molecule has 1 saturated heterocycles. The smallest absolute Gasteiger partial charge is 0.300 e. The van der Waals surface area contributed by atoms with Crippen LogP contribution in [0.15, 0.2) is 72.4 Å². The van der Waals surface area contributed by atoms with Crippen molar-refractivity contribution in [3.63, 3.8) is 0 Å². The second-order valence-electron chi connectivity index (χ2n) is 8.07. The number of aryl methyl sites for hydroxylation is 1. The molecule has 2 heterocycles. The van der Waals surface area contributed by atoms with Crippen molar-refractivity contribution in [2.24, 2.45) is 0 Å². The summed E-state index contributed by atoms with van der Waals surface area (Å²) in [6.07, 6.45) is 1.57. The minimum absolute atomic E-state index is 0.0526. The average molecular weight is 472 g/mol. The van der Waals surface area contributed by atoms with E-state index in [-0.39, 0.29) is 17.2 Å². The number of aromatic nitrogens is 1. The quantitative estimate of drug-likeness (QED) is 0.314. The van der Waals surface area contributed by atoms with Crippen LogP contribution >= 0.6 is 0 Å². The molecule has 0 bridgehead atoms. The number of Topliss-reactive ketones (excluding diaryl/α,β-unsaturated/α-hetero) is 1. The normalized spacial score (nSPS) is 16.9. The first-order chi connectivity index (χ1) is 16.8. The number of nitrogens with zero attached hydrogens (tertiary/aromatic N) is 2. The zero-order valence-electron chi connectivity index (χ0n) is 19.6. The van der Waals surface area contributed by atoms with Crippen molar-refractivity contribution in [1.82, 2.24) is 4.98 Å².